The molecule has 1 saturated heterocycles. The molecule has 0 radical (unpaired) electrons. The molecule has 1 amide bonds. The van der Waals surface area contributed by atoms with Crippen LogP contribution < -0.4 is 4.90 Å². The molecule has 2 heterocycles. The molecule has 1 N–H and O–H groups in total. The molecule has 7 heteroatoms. The van der Waals surface area contributed by atoms with Gasteiger partial charge in [0.25, 0.3) is 0 Å². The van der Waals surface area contributed by atoms with Gasteiger partial charge < -0.3 is 14.9 Å². The normalized spacial score (nSPS) is 16.3. The van der Waals surface area contributed by atoms with Gasteiger partial charge in [-0.3, -0.25) is 4.98 Å². The van der Waals surface area contributed by atoms with Gasteiger partial charge in [0, 0.05) is 26.2 Å². The largest absolute Gasteiger partial charge is 0.465 e. The summed E-state index contributed by atoms with van der Waals surface area (Å²) in [5.74, 6) is 0.692. The number of amides is 1. The second kappa shape index (κ2) is 4.52. The van der Waals surface area contributed by atoms with Crippen LogP contribution in [0.2, 0.25) is 5.15 Å². The highest BCUT2D eigenvalue weighted by molar-refractivity contribution is 6.29. The third-order valence-corrected chi connectivity index (χ3v) is 2.65. The minimum atomic E-state index is -0.878. The molecule has 0 unspecified atom stereocenters. The van der Waals surface area contributed by atoms with Crippen LogP contribution in [0.15, 0.2) is 12.4 Å². The number of hydrogen-bond donors (Lipinski definition) is 1. The lowest BCUT2D eigenvalue weighted by molar-refractivity contribution is 0.142. The Morgan fingerprint density at radius 1 is 1.31 bits per heavy atom. The number of nitrogens with zero attached hydrogens (tertiary/aromatic N) is 4. The minimum Gasteiger partial charge on any atom is -0.465 e. The van der Waals surface area contributed by atoms with Gasteiger partial charge in [0.15, 0.2) is 0 Å². The molecule has 0 atom stereocenters. The summed E-state index contributed by atoms with van der Waals surface area (Å²) in [6, 6.07) is 0. The molecule has 1 aromatic rings. The van der Waals surface area contributed by atoms with E-state index < -0.39 is 6.09 Å². The predicted molar refractivity (Wildman–Crippen MR) is 58.9 cm³/mol. The minimum absolute atomic E-state index is 0.346. The molecule has 1 aliphatic rings. The molecule has 2 rings (SSSR count). The zero-order valence-electron chi connectivity index (χ0n) is 8.51. The Hall–Kier alpha value is -1.56. The highest BCUT2D eigenvalue weighted by atomic mass is 35.5. The van der Waals surface area contributed by atoms with Crippen LogP contribution in [0, 0.1) is 0 Å². The van der Waals surface area contributed by atoms with Crippen LogP contribution in [-0.2, 0) is 0 Å². The van der Waals surface area contributed by atoms with Crippen LogP contribution >= 0.6 is 11.6 Å². The van der Waals surface area contributed by atoms with E-state index >= 15 is 0 Å². The van der Waals surface area contributed by atoms with Crippen molar-refractivity contribution in [3.63, 3.8) is 0 Å². The van der Waals surface area contributed by atoms with Crippen molar-refractivity contribution in [2.75, 3.05) is 31.1 Å². The van der Waals surface area contributed by atoms with Crippen molar-refractivity contribution in [3.8, 4) is 0 Å². The van der Waals surface area contributed by atoms with Crippen molar-refractivity contribution in [2.24, 2.45) is 0 Å². The summed E-state index contributed by atoms with van der Waals surface area (Å²) in [5, 5.41) is 9.14. The number of piperazine rings is 1. The van der Waals surface area contributed by atoms with Gasteiger partial charge in [-0.15, -0.1) is 0 Å². The summed E-state index contributed by atoms with van der Waals surface area (Å²) in [4.78, 5) is 22.1. The van der Waals surface area contributed by atoms with Crippen LogP contribution in [0.4, 0.5) is 10.6 Å². The monoisotopic (exact) mass is 242 g/mol. The van der Waals surface area contributed by atoms with Gasteiger partial charge in [-0.25, -0.2) is 9.78 Å². The second-order valence-electron chi connectivity index (χ2n) is 3.46. The van der Waals surface area contributed by atoms with Crippen LogP contribution in [-0.4, -0.2) is 52.2 Å². The summed E-state index contributed by atoms with van der Waals surface area (Å²) >= 11 is 5.74. The summed E-state index contributed by atoms with van der Waals surface area (Å²) in [6.45, 7) is 2.18. The molecule has 0 bridgehead atoms. The maximum Gasteiger partial charge on any atom is 0.407 e. The van der Waals surface area contributed by atoms with E-state index in [0.717, 1.165) is 0 Å². The zero-order chi connectivity index (χ0) is 11.5. The van der Waals surface area contributed by atoms with E-state index in [1.165, 1.54) is 11.1 Å². The summed E-state index contributed by atoms with van der Waals surface area (Å²) in [6.07, 6.45) is 2.22. The molecule has 0 spiro atoms. The average Bonchev–Trinajstić information content (AvgIpc) is 2.29. The van der Waals surface area contributed by atoms with Gasteiger partial charge in [0.1, 0.15) is 11.0 Å². The highest BCUT2D eigenvalue weighted by Gasteiger charge is 2.21. The Bertz CT molecular complexity index is 393. The third kappa shape index (κ3) is 2.33. The Kier molecular flexibility index (Phi) is 3.09. The first kappa shape index (κ1) is 10.9. The van der Waals surface area contributed by atoms with E-state index in [1.54, 1.807) is 6.20 Å². The molecule has 1 aromatic heterocycles. The van der Waals surface area contributed by atoms with Crippen LogP contribution in [0.25, 0.3) is 0 Å². The Morgan fingerprint density at radius 3 is 2.56 bits per heavy atom. The number of rotatable bonds is 1. The second-order valence-corrected chi connectivity index (χ2v) is 3.84. The van der Waals surface area contributed by atoms with Crippen LogP contribution in [0.1, 0.15) is 0 Å². The van der Waals surface area contributed by atoms with Gasteiger partial charge in [-0.05, 0) is 0 Å². The predicted octanol–water partition coefficient (Wildman–Crippen LogP) is 0.930. The van der Waals surface area contributed by atoms with Gasteiger partial charge in [0.05, 0.1) is 12.4 Å². The Balaban J connectivity index is 2.01. The van der Waals surface area contributed by atoms with Crippen molar-refractivity contribution in [3.05, 3.63) is 17.5 Å². The molecular formula is C9H11ClN4O2. The maximum atomic E-state index is 10.7. The standard InChI is InChI=1S/C9H11ClN4O2/c10-7-5-11-6-8(12-7)13-1-3-14(4-2-13)9(15)16/h5-6H,1-4H2,(H,15,16). The van der Waals surface area contributed by atoms with E-state index in [4.69, 9.17) is 16.7 Å². The number of carboxylic acid groups (broad SMARTS) is 1. The van der Waals surface area contributed by atoms with E-state index in [-0.39, 0.29) is 0 Å². The summed E-state index contributed by atoms with van der Waals surface area (Å²) in [5.41, 5.74) is 0. The van der Waals surface area contributed by atoms with Crippen molar-refractivity contribution in [2.45, 2.75) is 0 Å². The Labute approximate surface area is 97.5 Å². The maximum absolute atomic E-state index is 10.7. The van der Waals surface area contributed by atoms with E-state index in [0.29, 0.717) is 37.1 Å². The number of aromatic nitrogens is 2. The summed E-state index contributed by atoms with van der Waals surface area (Å²) < 4.78 is 0. The summed E-state index contributed by atoms with van der Waals surface area (Å²) in [7, 11) is 0. The van der Waals surface area contributed by atoms with Crippen molar-refractivity contribution < 1.29 is 9.90 Å². The van der Waals surface area contributed by atoms with Gasteiger partial charge in [-0.1, -0.05) is 11.6 Å². The first-order valence-electron chi connectivity index (χ1n) is 4.87. The van der Waals surface area contributed by atoms with Crippen LogP contribution in [0.5, 0.6) is 0 Å². The number of halogens is 1. The fourth-order valence-corrected chi connectivity index (χ4v) is 1.75. The van der Waals surface area contributed by atoms with Crippen molar-refractivity contribution in [1.82, 2.24) is 14.9 Å². The van der Waals surface area contributed by atoms with E-state index in [1.807, 2.05) is 4.90 Å². The molecule has 16 heavy (non-hydrogen) atoms. The first-order chi connectivity index (χ1) is 7.66. The molecule has 0 saturated carbocycles. The van der Waals surface area contributed by atoms with E-state index in [2.05, 4.69) is 9.97 Å². The lowest BCUT2D eigenvalue weighted by Crippen LogP contribution is -2.48. The molecule has 1 aliphatic heterocycles. The van der Waals surface area contributed by atoms with Crippen molar-refractivity contribution >= 4 is 23.5 Å². The third-order valence-electron chi connectivity index (χ3n) is 2.47. The lowest BCUT2D eigenvalue weighted by Gasteiger charge is -2.33. The van der Waals surface area contributed by atoms with E-state index in [9.17, 15) is 4.79 Å². The molecule has 1 fully saturated rings. The number of anilines is 1. The fraction of sp³-hybridized carbons (Fsp3) is 0.444. The zero-order valence-corrected chi connectivity index (χ0v) is 9.26. The highest BCUT2D eigenvalue weighted by Crippen LogP contribution is 2.14. The smallest absolute Gasteiger partial charge is 0.407 e. The van der Waals surface area contributed by atoms with Gasteiger partial charge >= 0.3 is 6.09 Å². The quantitative estimate of drug-likeness (QED) is 0.793. The number of hydrogen-bond acceptors (Lipinski definition) is 4. The van der Waals surface area contributed by atoms with Crippen LogP contribution in [0.3, 0.4) is 0 Å². The lowest BCUT2D eigenvalue weighted by atomic mass is 10.3. The molecule has 0 aliphatic carbocycles. The van der Waals surface area contributed by atoms with Gasteiger partial charge in [0.2, 0.25) is 0 Å². The first-order valence-corrected chi connectivity index (χ1v) is 5.25. The fourth-order valence-electron chi connectivity index (χ4n) is 1.61. The molecule has 6 nitrogen and oxygen atoms in total. The van der Waals surface area contributed by atoms with Crippen molar-refractivity contribution in [1.29, 1.82) is 0 Å². The topological polar surface area (TPSA) is 69.6 Å². The SMILES string of the molecule is O=C(O)N1CCN(c2cncc(Cl)n2)CC1. The van der Waals surface area contributed by atoms with Gasteiger partial charge in [-0.2, -0.15) is 0 Å². The molecule has 0 aromatic carbocycles. The Morgan fingerprint density at radius 2 is 2.00 bits per heavy atom. The molecule has 86 valence electrons. The number of carbonyl (C=O) groups is 1. The average molecular weight is 243 g/mol. The molecular weight excluding hydrogens is 232 g/mol.